The van der Waals surface area contributed by atoms with E-state index in [-0.39, 0.29) is 0 Å². The van der Waals surface area contributed by atoms with E-state index < -0.39 is 0 Å². The summed E-state index contributed by atoms with van der Waals surface area (Å²) in [5.41, 5.74) is 4.12. The predicted molar refractivity (Wildman–Crippen MR) is 89.8 cm³/mol. The summed E-state index contributed by atoms with van der Waals surface area (Å²) in [5, 5.41) is 14.7. The smallest absolute Gasteiger partial charge is 0.0479 e. The summed E-state index contributed by atoms with van der Waals surface area (Å²) >= 11 is 0. The minimum atomic E-state index is 0.307. The molecule has 3 heteroatoms. The largest absolute Gasteiger partial charge is 0.396 e. The number of para-hydroxylation sites is 1. The Morgan fingerprint density at radius 2 is 1.91 bits per heavy atom. The summed E-state index contributed by atoms with van der Waals surface area (Å²) in [6.45, 7) is 1.35. The van der Waals surface area contributed by atoms with Crippen molar-refractivity contribution in [2.24, 2.45) is 11.8 Å². The fourth-order valence-electron chi connectivity index (χ4n) is 4.20. The van der Waals surface area contributed by atoms with Gasteiger partial charge in [-0.15, -0.1) is 0 Å². The van der Waals surface area contributed by atoms with Crippen molar-refractivity contribution in [3.8, 4) is 0 Å². The maximum absolute atomic E-state index is 9.64. The van der Waals surface area contributed by atoms with E-state index in [1.165, 1.54) is 22.2 Å². The Balaban J connectivity index is 1.63. The van der Waals surface area contributed by atoms with Crippen LogP contribution in [0.2, 0.25) is 0 Å². The van der Waals surface area contributed by atoms with Crippen LogP contribution >= 0.6 is 0 Å². The molecule has 0 bridgehead atoms. The van der Waals surface area contributed by atoms with Crippen LogP contribution in [0.15, 0.2) is 36.4 Å². The van der Waals surface area contributed by atoms with Crippen LogP contribution in [0.4, 0.5) is 0 Å². The number of aliphatic hydroxyl groups excluding tert-OH is 1. The van der Waals surface area contributed by atoms with Gasteiger partial charge in [-0.25, -0.2) is 0 Å². The van der Waals surface area contributed by atoms with E-state index in [9.17, 15) is 5.11 Å². The first-order valence-electron chi connectivity index (χ1n) is 8.45. The average Bonchev–Trinajstić information content (AvgIpc) is 2.95. The molecule has 0 fully saturated rings. The second kappa shape index (κ2) is 5.90. The van der Waals surface area contributed by atoms with Crippen LogP contribution in [0, 0.1) is 11.8 Å². The van der Waals surface area contributed by atoms with Gasteiger partial charge < -0.3 is 15.4 Å². The molecule has 1 aromatic heterocycles. The van der Waals surface area contributed by atoms with Crippen LogP contribution in [0.1, 0.15) is 36.6 Å². The Bertz CT molecular complexity index is 688. The SMILES string of the molecule is OC[C@H]1CC=CC[C@H]1C[C@@H]1NCCc2c1[nH]c1ccccc21. The standard InChI is InChI=1S/C19H24N2O/c22-12-14-6-2-1-5-13(14)11-18-19-16(9-10-20-18)15-7-3-4-8-17(15)21-19/h1-4,7-8,13-14,18,20-22H,5-6,9-12H2/t13-,14+,18-/m0/s1. The number of aromatic nitrogens is 1. The Morgan fingerprint density at radius 3 is 2.77 bits per heavy atom. The van der Waals surface area contributed by atoms with Crippen LogP contribution in [-0.4, -0.2) is 23.2 Å². The number of H-pyrrole nitrogens is 1. The first-order valence-corrected chi connectivity index (χ1v) is 8.45. The highest BCUT2D eigenvalue weighted by Crippen LogP contribution is 2.37. The number of aromatic amines is 1. The number of hydrogen-bond donors (Lipinski definition) is 3. The fourth-order valence-corrected chi connectivity index (χ4v) is 4.20. The monoisotopic (exact) mass is 296 g/mol. The quantitative estimate of drug-likeness (QED) is 0.761. The number of nitrogens with one attached hydrogen (secondary N) is 2. The lowest BCUT2D eigenvalue weighted by atomic mass is 9.78. The first kappa shape index (κ1) is 14.0. The fraction of sp³-hybridized carbons (Fsp3) is 0.474. The van der Waals surface area contributed by atoms with Gasteiger partial charge in [0.05, 0.1) is 0 Å². The second-order valence-corrected chi connectivity index (χ2v) is 6.70. The zero-order valence-corrected chi connectivity index (χ0v) is 12.9. The molecule has 3 N–H and O–H groups in total. The molecule has 0 saturated heterocycles. The molecule has 1 aromatic carbocycles. The second-order valence-electron chi connectivity index (χ2n) is 6.70. The molecule has 0 unspecified atom stereocenters. The number of fused-ring (bicyclic) bond motifs is 3. The molecule has 1 aliphatic heterocycles. The summed E-state index contributed by atoms with van der Waals surface area (Å²) in [7, 11) is 0. The van der Waals surface area contributed by atoms with Gasteiger partial charge in [-0.1, -0.05) is 30.4 Å². The summed E-state index contributed by atoms with van der Waals surface area (Å²) in [4.78, 5) is 3.65. The molecule has 2 aliphatic rings. The molecule has 0 saturated carbocycles. The Labute approximate surface area is 131 Å². The highest BCUT2D eigenvalue weighted by molar-refractivity contribution is 5.85. The molecule has 0 radical (unpaired) electrons. The lowest BCUT2D eigenvalue weighted by molar-refractivity contribution is 0.156. The van der Waals surface area contributed by atoms with Gasteiger partial charge in [-0.05, 0) is 55.7 Å². The lowest BCUT2D eigenvalue weighted by Crippen LogP contribution is -2.33. The van der Waals surface area contributed by atoms with Gasteiger partial charge in [0, 0.05) is 29.2 Å². The van der Waals surface area contributed by atoms with Crippen molar-refractivity contribution in [2.45, 2.75) is 31.7 Å². The van der Waals surface area contributed by atoms with Gasteiger partial charge >= 0.3 is 0 Å². The lowest BCUT2D eigenvalue weighted by Gasteiger charge is -2.32. The first-order chi connectivity index (χ1) is 10.9. The van der Waals surface area contributed by atoms with E-state index >= 15 is 0 Å². The van der Waals surface area contributed by atoms with Gasteiger partial charge in [-0.2, -0.15) is 0 Å². The maximum Gasteiger partial charge on any atom is 0.0479 e. The Kier molecular flexibility index (Phi) is 3.77. The minimum Gasteiger partial charge on any atom is -0.396 e. The van der Waals surface area contributed by atoms with Gasteiger partial charge in [0.15, 0.2) is 0 Å². The van der Waals surface area contributed by atoms with E-state index in [4.69, 9.17) is 0 Å². The van der Waals surface area contributed by atoms with Crippen molar-refractivity contribution >= 4 is 10.9 Å². The summed E-state index contributed by atoms with van der Waals surface area (Å²) in [5.74, 6) is 0.992. The van der Waals surface area contributed by atoms with Crippen LogP contribution in [0.25, 0.3) is 10.9 Å². The number of rotatable bonds is 3. The molecule has 3 atom stereocenters. The van der Waals surface area contributed by atoms with Crippen LogP contribution in [0.5, 0.6) is 0 Å². The van der Waals surface area contributed by atoms with Crippen LogP contribution < -0.4 is 5.32 Å². The highest BCUT2D eigenvalue weighted by Gasteiger charge is 2.29. The van der Waals surface area contributed by atoms with E-state index in [1.807, 2.05) is 0 Å². The summed E-state index contributed by atoms with van der Waals surface area (Å²) in [6.07, 6.45) is 8.83. The third-order valence-electron chi connectivity index (χ3n) is 5.44. The minimum absolute atomic E-state index is 0.307. The molecular weight excluding hydrogens is 272 g/mol. The van der Waals surface area contributed by atoms with Gasteiger partial charge in [0.2, 0.25) is 0 Å². The van der Waals surface area contributed by atoms with Crippen molar-refractivity contribution in [1.82, 2.24) is 10.3 Å². The Hall–Kier alpha value is -1.58. The molecule has 116 valence electrons. The third-order valence-corrected chi connectivity index (χ3v) is 5.44. The molecule has 0 spiro atoms. The molecule has 3 nitrogen and oxygen atoms in total. The van der Waals surface area contributed by atoms with E-state index in [0.717, 1.165) is 32.2 Å². The maximum atomic E-state index is 9.64. The normalized spacial score (nSPS) is 28.0. The number of aliphatic hydroxyl groups is 1. The predicted octanol–water partition coefficient (Wildman–Crippen LogP) is 3.32. The topological polar surface area (TPSA) is 48.0 Å². The average molecular weight is 296 g/mol. The van der Waals surface area contributed by atoms with Crippen molar-refractivity contribution < 1.29 is 5.11 Å². The van der Waals surface area contributed by atoms with Crippen LogP contribution in [-0.2, 0) is 6.42 Å². The van der Waals surface area contributed by atoms with Gasteiger partial charge in [0.1, 0.15) is 0 Å². The molecule has 2 heterocycles. The molecule has 4 rings (SSSR count). The molecular formula is C19H24N2O. The van der Waals surface area contributed by atoms with E-state index in [1.54, 1.807) is 0 Å². The van der Waals surface area contributed by atoms with Gasteiger partial charge in [0.25, 0.3) is 0 Å². The summed E-state index contributed by atoms with van der Waals surface area (Å²) < 4.78 is 0. The van der Waals surface area contributed by atoms with Crippen molar-refractivity contribution in [1.29, 1.82) is 0 Å². The molecule has 1 aliphatic carbocycles. The van der Waals surface area contributed by atoms with Crippen LogP contribution in [0.3, 0.4) is 0 Å². The zero-order chi connectivity index (χ0) is 14.9. The van der Waals surface area contributed by atoms with E-state index in [2.05, 4.69) is 46.7 Å². The summed E-state index contributed by atoms with van der Waals surface area (Å²) in [6, 6.07) is 9.01. The van der Waals surface area contributed by atoms with E-state index in [0.29, 0.717) is 24.5 Å². The molecule has 2 aromatic rings. The number of benzene rings is 1. The zero-order valence-electron chi connectivity index (χ0n) is 12.9. The number of hydrogen-bond acceptors (Lipinski definition) is 2. The Morgan fingerprint density at radius 1 is 1.09 bits per heavy atom. The number of allylic oxidation sites excluding steroid dienone is 2. The molecule has 0 amide bonds. The van der Waals surface area contributed by atoms with Gasteiger partial charge in [-0.3, -0.25) is 0 Å². The van der Waals surface area contributed by atoms with Crippen molar-refractivity contribution in [3.63, 3.8) is 0 Å². The highest BCUT2D eigenvalue weighted by atomic mass is 16.3. The van der Waals surface area contributed by atoms with Crippen molar-refractivity contribution in [2.75, 3.05) is 13.2 Å². The molecule has 22 heavy (non-hydrogen) atoms. The third kappa shape index (κ3) is 2.38. The van der Waals surface area contributed by atoms with Crippen molar-refractivity contribution in [3.05, 3.63) is 47.7 Å².